The van der Waals surface area contributed by atoms with E-state index in [1.54, 1.807) is 6.92 Å². The molecule has 2 atom stereocenters. The van der Waals surface area contributed by atoms with Gasteiger partial charge in [0.2, 0.25) is 0 Å². The van der Waals surface area contributed by atoms with Gasteiger partial charge in [0.15, 0.2) is 6.10 Å². The highest BCUT2D eigenvalue weighted by Gasteiger charge is 2.29. The van der Waals surface area contributed by atoms with E-state index in [9.17, 15) is 13.6 Å². The van der Waals surface area contributed by atoms with E-state index in [4.69, 9.17) is 9.47 Å². The maximum absolute atomic E-state index is 12.4. The van der Waals surface area contributed by atoms with E-state index >= 15 is 0 Å². The lowest BCUT2D eigenvalue weighted by Crippen LogP contribution is -2.44. The van der Waals surface area contributed by atoms with Gasteiger partial charge in [-0.1, -0.05) is 12.1 Å². The molecule has 0 radical (unpaired) electrons. The normalized spacial score (nSPS) is 23.4. The molecule has 0 aromatic heterocycles. The van der Waals surface area contributed by atoms with E-state index in [-0.39, 0.29) is 17.6 Å². The first-order valence-electron chi connectivity index (χ1n) is 6.00. The van der Waals surface area contributed by atoms with Crippen molar-refractivity contribution < 1.29 is 23.0 Å². The van der Waals surface area contributed by atoms with Gasteiger partial charge >= 0.3 is 0 Å². The van der Waals surface area contributed by atoms with Gasteiger partial charge < -0.3 is 14.8 Å². The van der Waals surface area contributed by atoms with Gasteiger partial charge in [0.1, 0.15) is 0 Å². The fourth-order valence-corrected chi connectivity index (χ4v) is 1.85. The molecule has 4 nitrogen and oxygen atoms in total. The molecule has 2 rings (SSSR count). The van der Waals surface area contributed by atoms with Crippen LogP contribution in [0.25, 0.3) is 0 Å². The molecular formula is C13H15F2NO3. The van der Waals surface area contributed by atoms with E-state index in [2.05, 4.69) is 5.32 Å². The summed E-state index contributed by atoms with van der Waals surface area (Å²) in [5, 5.41) is 2.62. The molecule has 19 heavy (non-hydrogen) atoms. The Hall–Kier alpha value is -1.53. The number of amides is 1. The van der Waals surface area contributed by atoms with Crippen molar-refractivity contribution in [3.05, 3.63) is 29.8 Å². The molecule has 1 aromatic rings. The predicted molar refractivity (Wildman–Crippen MR) is 65.2 cm³/mol. The number of ether oxygens (including phenoxy) is 2. The number of carbonyl (C=O) groups excluding carboxylic acids is 1. The summed E-state index contributed by atoms with van der Waals surface area (Å²) in [5.41, 5.74) is 0.374. The van der Waals surface area contributed by atoms with E-state index in [1.165, 1.54) is 24.3 Å². The summed E-state index contributed by atoms with van der Waals surface area (Å²) >= 11 is 0. The smallest absolute Gasteiger partial charge is 0.263 e. The Balaban J connectivity index is 1.98. The van der Waals surface area contributed by atoms with Crippen molar-refractivity contribution in [2.75, 3.05) is 18.5 Å². The fourth-order valence-electron chi connectivity index (χ4n) is 1.85. The number of hydrogen-bond acceptors (Lipinski definition) is 3. The van der Waals surface area contributed by atoms with Crippen LogP contribution in [-0.2, 0) is 14.3 Å². The van der Waals surface area contributed by atoms with Gasteiger partial charge in [-0.3, -0.25) is 4.79 Å². The van der Waals surface area contributed by atoms with Crippen LogP contribution >= 0.6 is 0 Å². The largest absolute Gasteiger partial charge is 0.373 e. The minimum atomic E-state index is -2.51. The number of alkyl halides is 2. The molecule has 1 aliphatic rings. The summed E-state index contributed by atoms with van der Waals surface area (Å²) in [4.78, 5) is 11.9. The van der Waals surface area contributed by atoms with Gasteiger partial charge in [0.25, 0.3) is 12.3 Å². The highest BCUT2D eigenvalue weighted by molar-refractivity contribution is 5.94. The number of nitrogens with one attached hydrogen (secondary N) is 1. The van der Waals surface area contributed by atoms with Crippen molar-refractivity contribution in [1.82, 2.24) is 0 Å². The monoisotopic (exact) mass is 271 g/mol. The molecule has 1 amide bonds. The van der Waals surface area contributed by atoms with Crippen molar-refractivity contribution >= 4 is 11.6 Å². The molecule has 1 aromatic carbocycles. The van der Waals surface area contributed by atoms with Crippen LogP contribution in [0, 0.1) is 0 Å². The minimum Gasteiger partial charge on any atom is -0.373 e. The predicted octanol–water partition coefficient (Wildman–Crippen LogP) is 2.37. The molecule has 0 bridgehead atoms. The van der Waals surface area contributed by atoms with Crippen molar-refractivity contribution in [1.29, 1.82) is 0 Å². The zero-order valence-corrected chi connectivity index (χ0v) is 10.4. The third-order valence-electron chi connectivity index (χ3n) is 2.88. The molecule has 1 fully saturated rings. The van der Waals surface area contributed by atoms with Crippen molar-refractivity contribution in [2.45, 2.75) is 25.6 Å². The van der Waals surface area contributed by atoms with E-state index in [0.717, 1.165) is 0 Å². The van der Waals surface area contributed by atoms with Gasteiger partial charge in [-0.2, -0.15) is 0 Å². The summed E-state index contributed by atoms with van der Waals surface area (Å²) in [6.45, 7) is 2.59. The van der Waals surface area contributed by atoms with Crippen molar-refractivity contribution in [3.63, 3.8) is 0 Å². The Labute approximate surface area is 109 Å². The lowest BCUT2D eigenvalue weighted by atomic mass is 10.1. The molecule has 1 saturated heterocycles. The lowest BCUT2D eigenvalue weighted by Gasteiger charge is -2.28. The van der Waals surface area contributed by atoms with Crippen LogP contribution in [0.3, 0.4) is 0 Å². The minimum absolute atomic E-state index is 0.0800. The van der Waals surface area contributed by atoms with Gasteiger partial charge in [0.05, 0.1) is 19.3 Å². The summed E-state index contributed by atoms with van der Waals surface area (Å²) < 4.78 is 35.4. The number of hydrogen-bond donors (Lipinski definition) is 1. The molecule has 6 heteroatoms. The fraction of sp³-hybridized carbons (Fsp3) is 0.462. The van der Waals surface area contributed by atoms with Crippen LogP contribution in [0.1, 0.15) is 18.9 Å². The Morgan fingerprint density at radius 2 is 1.89 bits per heavy atom. The van der Waals surface area contributed by atoms with Crippen molar-refractivity contribution in [3.8, 4) is 0 Å². The highest BCUT2D eigenvalue weighted by Crippen LogP contribution is 2.21. The second-order valence-corrected chi connectivity index (χ2v) is 4.28. The SMILES string of the molecule is C[C@@H]1OCCO[C@@H]1C(=O)Nc1ccc(C(F)F)cc1. The first-order valence-corrected chi connectivity index (χ1v) is 6.00. The van der Waals surface area contributed by atoms with Gasteiger partial charge in [0, 0.05) is 11.3 Å². The first-order chi connectivity index (χ1) is 9.08. The molecule has 0 saturated carbocycles. The number of anilines is 1. The second kappa shape index (κ2) is 6.08. The maximum atomic E-state index is 12.4. The highest BCUT2D eigenvalue weighted by atomic mass is 19.3. The topological polar surface area (TPSA) is 47.6 Å². The Kier molecular flexibility index (Phi) is 4.44. The third kappa shape index (κ3) is 3.48. The van der Waals surface area contributed by atoms with Crippen LogP contribution in [0.2, 0.25) is 0 Å². The van der Waals surface area contributed by atoms with Gasteiger partial charge in [-0.05, 0) is 19.1 Å². The summed E-state index contributed by atoms with van der Waals surface area (Å²) in [6, 6.07) is 5.44. The van der Waals surface area contributed by atoms with Crippen LogP contribution in [-0.4, -0.2) is 31.3 Å². The molecule has 1 heterocycles. The molecule has 104 valence electrons. The second-order valence-electron chi connectivity index (χ2n) is 4.28. The van der Waals surface area contributed by atoms with Gasteiger partial charge in [-0.15, -0.1) is 0 Å². The summed E-state index contributed by atoms with van der Waals surface area (Å²) in [7, 11) is 0. The molecule has 0 unspecified atom stereocenters. The first kappa shape index (κ1) is 13.9. The number of rotatable bonds is 3. The third-order valence-corrected chi connectivity index (χ3v) is 2.88. The number of benzene rings is 1. The summed E-state index contributed by atoms with van der Waals surface area (Å²) in [5.74, 6) is -0.336. The van der Waals surface area contributed by atoms with E-state index in [1.807, 2.05) is 0 Å². The zero-order chi connectivity index (χ0) is 13.8. The lowest BCUT2D eigenvalue weighted by molar-refractivity contribution is -0.157. The maximum Gasteiger partial charge on any atom is 0.263 e. The molecular weight excluding hydrogens is 256 g/mol. The Morgan fingerprint density at radius 3 is 2.47 bits per heavy atom. The Bertz CT molecular complexity index is 436. The van der Waals surface area contributed by atoms with Crippen LogP contribution in [0.15, 0.2) is 24.3 Å². The average Bonchev–Trinajstić information content (AvgIpc) is 2.39. The van der Waals surface area contributed by atoms with Gasteiger partial charge in [-0.25, -0.2) is 8.78 Å². The van der Waals surface area contributed by atoms with E-state index in [0.29, 0.717) is 18.9 Å². The number of carbonyl (C=O) groups is 1. The van der Waals surface area contributed by atoms with Crippen LogP contribution in [0.5, 0.6) is 0 Å². The summed E-state index contributed by atoms with van der Waals surface area (Å²) in [6.07, 6.45) is -3.52. The molecule has 1 aliphatic heterocycles. The standard InChI is InChI=1S/C13H15F2NO3/c1-8-11(19-7-6-18-8)13(17)16-10-4-2-9(3-5-10)12(14)15/h2-5,8,11-12H,6-7H2,1H3,(H,16,17)/t8-,11-/m0/s1. The number of halogens is 2. The molecule has 0 aliphatic carbocycles. The molecule has 0 spiro atoms. The van der Waals surface area contributed by atoms with Crippen molar-refractivity contribution in [2.24, 2.45) is 0 Å². The zero-order valence-electron chi connectivity index (χ0n) is 10.4. The quantitative estimate of drug-likeness (QED) is 0.918. The Morgan fingerprint density at radius 1 is 1.26 bits per heavy atom. The van der Waals surface area contributed by atoms with Crippen LogP contribution in [0.4, 0.5) is 14.5 Å². The average molecular weight is 271 g/mol. The van der Waals surface area contributed by atoms with E-state index < -0.39 is 12.5 Å². The molecule has 1 N–H and O–H groups in total. The van der Waals surface area contributed by atoms with Crippen LogP contribution < -0.4 is 5.32 Å².